The Morgan fingerprint density at radius 1 is 1.31 bits per heavy atom. The van der Waals surface area contributed by atoms with Crippen molar-refractivity contribution in [2.75, 3.05) is 18.6 Å². The number of nitrogens with one attached hydrogen (secondary N) is 1. The summed E-state index contributed by atoms with van der Waals surface area (Å²) in [4.78, 5) is 11.5. The van der Waals surface area contributed by atoms with Gasteiger partial charge in [0.25, 0.3) is 0 Å². The molecule has 0 unspecified atom stereocenters. The zero-order valence-electron chi connectivity index (χ0n) is 10.1. The van der Waals surface area contributed by atoms with Crippen LogP contribution in [0.25, 0.3) is 0 Å². The molecular formula is C10H21NO4S. The van der Waals surface area contributed by atoms with Gasteiger partial charge in [-0.25, -0.2) is 8.42 Å². The van der Waals surface area contributed by atoms with Crippen LogP contribution in [0.2, 0.25) is 0 Å². The Bertz CT molecular complexity index is 311. The van der Waals surface area contributed by atoms with Crippen LogP contribution in [0.1, 0.15) is 33.1 Å². The Hall–Kier alpha value is -0.620. The minimum atomic E-state index is -3.12. The van der Waals surface area contributed by atoms with Gasteiger partial charge < -0.3 is 10.4 Å². The Morgan fingerprint density at radius 2 is 1.81 bits per heavy atom. The summed E-state index contributed by atoms with van der Waals surface area (Å²) in [6.45, 7) is 3.61. The number of carbonyl (C=O) groups is 1. The summed E-state index contributed by atoms with van der Waals surface area (Å²) in [6.07, 6.45) is 2.27. The van der Waals surface area contributed by atoms with Crippen molar-refractivity contribution in [2.24, 2.45) is 0 Å². The van der Waals surface area contributed by atoms with Crippen molar-refractivity contribution in [1.29, 1.82) is 0 Å². The normalized spacial score (nSPS) is 12.5. The third-order valence-electron chi connectivity index (χ3n) is 2.76. The van der Waals surface area contributed by atoms with Crippen LogP contribution in [0, 0.1) is 0 Å². The molecule has 0 bridgehead atoms. The maximum absolute atomic E-state index is 11.5. The number of amides is 1. The first-order valence-electron chi connectivity index (χ1n) is 5.38. The van der Waals surface area contributed by atoms with Crippen LogP contribution in [0.4, 0.5) is 0 Å². The van der Waals surface area contributed by atoms with Crippen LogP contribution in [0.5, 0.6) is 0 Å². The molecule has 0 atom stereocenters. The zero-order chi connectivity index (χ0) is 12.8. The molecule has 0 aromatic carbocycles. The predicted molar refractivity (Wildman–Crippen MR) is 62.9 cm³/mol. The number of rotatable bonds is 7. The van der Waals surface area contributed by atoms with Gasteiger partial charge in [0.2, 0.25) is 5.91 Å². The highest BCUT2D eigenvalue weighted by atomic mass is 32.2. The fourth-order valence-electron chi connectivity index (χ4n) is 1.33. The van der Waals surface area contributed by atoms with E-state index in [4.69, 9.17) is 0 Å². The van der Waals surface area contributed by atoms with Crippen molar-refractivity contribution in [1.82, 2.24) is 5.32 Å². The van der Waals surface area contributed by atoms with Gasteiger partial charge in [0, 0.05) is 12.7 Å². The molecule has 6 heteroatoms. The number of sulfone groups is 1. The van der Waals surface area contributed by atoms with E-state index >= 15 is 0 Å². The smallest absolute Gasteiger partial charge is 0.221 e. The zero-order valence-corrected chi connectivity index (χ0v) is 10.9. The summed E-state index contributed by atoms with van der Waals surface area (Å²) < 4.78 is 21.8. The van der Waals surface area contributed by atoms with E-state index in [1.165, 1.54) is 0 Å². The molecule has 0 aliphatic heterocycles. The van der Waals surface area contributed by atoms with Crippen molar-refractivity contribution < 1.29 is 18.3 Å². The van der Waals surface area contributed by atoms with Crippen molar-refractivity contribution in [2.45, 2.75) is 38.6 Å². The molecule has 0 spiro atoms. The lowest BCUT2D eigenvalue weighted by atomic mass is 9.94. The lowest BCUT2D eigenvalue weighted by molar-refractivity contribution is -0.123. The summed E-state index contributed by atoms with van der Waals surface area (Å²) >= 11 is 0. The van der Waals surface area contributed by atoms with Crippen LogP contribution in [-0.2, 0) is 14.6 Å². The maximum atomic E-state index is 11.5. The molecule has 0 saturated heterocycles. The fourth-order valence-corrected chi connectivity index (χ4v) is 1.88. The van der Waals surface area contributed by atoms with E-state index in [0.29, 0.717) is 12.8 Å². The van der Waals surface area contributed by atoms with E-state index in [0.717, 1.165) is 6.26 Å². The summed E-state index contributed by atoms with van der Waals surface area (Å²) in [6, 6.07) is 0. The number of carbonyl (C=O) groups excluding carboxylic acids is 1. The first-order chi connectivity index (χ1) is 7.28. The van der Waals surface area contributed by atoms with Gasteiger partial charge in [0.05, 0.1) is 17.9 Å². The van der Waals surface area contributed by atoms with E-state index in [2.05, 4.69) is 5.32 Å². The second-order valence-electron chi connectivity index (χ2n) is 4.07. The predicted octanol–water partition coefficient (Wildman–Crippen LogP) is 0.0884. The fraction of sp³-hybridized carbons (Fsp3) is 0.900. The molecule has 16 heavy (non-hydrogen) atoms. The van der Waals surface area contributed by atoms with Gasteiger partial charge in [-0.1, -0.05) is 13.8 Å². The highest BCUT2D eigenvalue weighted by molar-refractivity contribution is 7.90. The lowest BCUT2D eigenvalue weighted by Crippen LogP contribution is -2.50. The second-order valence-corrected chi connectivity index (χ2v) is 6.33. The Kier molecular flexibility index (Phi) is 5.96. The topological polar surface area (TPSA) is 83.5 Å². The molecule has 0 heterocycles. The van der Waals surface area contributed by atoms with E-state index in [1.54, 1.807) is 0 Å². The van der Waals surface area contributed by atoms with Crippen molar-refractivity contribution in [3.05, 3.63) is 0 Å². The van der Waals surface area contributed by atoms with Gasteiger partial charge in [-0.2, -0.15) is 0 Å². The van der Waals surface area contributed by atoms with E-state index in [1.807, 2.05) is 13.8 Å². The number of aliphatic hydroxyl groups is 1. The number of aliphatic hydroxyl groups excluding tert-OH is 1. The molecule has 0 aliphatic carbocycles. The first kappa shape index (κ1) is 15.4. The molecule has 0 aromatic rings. The van der Waals surface area contributed by atoms with Gasteiger partial charge in [0.15, 0.2) is 0 Å². The molecule has 0 aliphatic rings. The first-order valence-corrected chi connectivity index (χ1v) is 7.44. The monoisotopic (exact) mass is 251 g/mol. The molecule has 0 radical (unpaired) electrons. The molecule has 5 nitrogen and oxygen atoms in total. The van der Waals surface area contributed by atoms with Gasteiger partial charge >= 0.3 is 0 Å². The molecule has 0 rings (SSSR count). The Balaban J connectivity index is 4.32. The average Bonchev–Trinajstić information content (AvgIpc) is 2.22. The number of hydrogen-bond donors (Lipinski definition) is 2. The SMILES string of the molecule is CCC(CC)(CO)NC(=O)CCS(C)(=O)=O. The van der Waals surface area contributed by atoms with Gasteiger partial charge in [-0.05, 0) is 12.8 Å². The molecular weight excluding hydrogens is 230 g/mol. The molecule has 0 saturated carbocycles. The number of hydrogen-bond acceptors (Lipinski definition) is 4. The lowest BCUT2D eigenvalue weighted by Gasteiger charge is -2.30. The minimum Gasteiger partial charge on any atom is -0.394 e. The summed E-state index contributed by atoms with van der Waals surface area (Å²) in [5, 5.41) is 11.9. The largest absolute Gasteiger partial charge is 0.394 e. The molecule has 96 valence electrons. The van der Waals surface area contributed by atoms with Crippen molar-refractivity contribution >= 4 is 15.7 Å². The van der Waals surface area contributed by atoms with Crippen LogP contribution >= 0.6 is 0 Å². The van der Waals surface area contributed by atoms with E-state index in [-0.39, 0.29) is 24.7 Å². The van der Waals surface area contributed by atoms with Gasteiger partial charge in [-0.15, -0.1) is 0 Å². The second kappa shape index (κ2) is 6.20. The van der Waals surface area contributed by atoms with Crippen LogP contribution < -0.4 is 5.32 Å². The average molecular weight is 251 g/mol. The van der Waals surface area contributed by atoms with Crippen LogP contribution in [-0.4, -0.2) is 43.6 Å². The third-order valence-corrected chi connectivity index (χ3v) is 3.71. The Morgan fingerprint density at radius 3 is 2.12 bits per heavy atom. The van der Waals surface area contributed by atoms with Crippen molar-refractivity contribution in [3.8, 4) is 0 Å². The summed E-state index contributed by atoms with van der Waals surface area (Å²) in [5.41, 5.74) is -0.616. The van der Waals surface area contributed by atoms with Crippen LogP contribution in [0.3, 0.4) is 0 Å². The van der Waals surface area contributed by atoms with Crippen LogP contribution in [0.15, 0.2) is 0 Å². The third kappa shape index (κ3) is 5.46. The quantitative estimate of drug-likeness (QED) is 0.671. The molecule has 0 fully saturated rings. The standard InChI is InChI=1S/C10H21NO4S/c1-4-10(5-2,8-12)11-9(13)6-7-16(3,14)15/h12H,4-8H2,1-3H3,(H,11,13). The van der Waals surface area contributed by atoms with Gasteiger partial charge in [0.1, 0.15) is 9.84 Å². The van der Waals surface area contributed by atoms with Crippen molar-refractivity contribution in [3.63, 3.8) is 0 Å². The highest BCUT2D eigenvalue weighted by Crippen LogP contribution is 2.14. The summed E-state index contributed by atoms with van der Waals surface area (Å²) in [7, 11) is -3.12. The Labute approximate surface area is 97.2 Å². The summed E-state index contributed by atoms with van der Waals surface area (Å²) in [5.74, 6) is -0.489. The van der Waals surface area contributed by atoms with E-state index in [9.17, 15) is 18.3 Å². The van der Waals surface area contributed by atoms with Gasteiger partial charge in [-0.3, -0.25) is 4.79 Å². The van der Waals surface area contributed by atoms with E-state index < -0.39 is 15.4 Å². The maximum Gasteiger partial charge on any atom is 0.221 e. The molecule has 0 aromatic heterocycles. The minimum absolute atomic E-state index is 0.0550. The highest BCUT2D eigenvalue weighted by Gasteiger charge is 2.27. The molecule has 2 N–H and O–H groups in total. The molecule has 1 amide bonds.